The van der Waals surface area contributed by atoms with Crippen molar-refractivity contribution in [3.63, 3.8) is 0 Å². The minimum atomic E-state index is -4.76. The van der Waals surface area contributed by atoms with Gasteiger partial charge in [0.1, 0.15) is 29.6 Å². The van der Waals surface area contributed by atoms with Crippen LogP contribution in [-0.4, -0.2) is 87.5 Å². The van der Waals surface area contributed by atoms with Gasteiger partial charge in [-0.1, -0.05) is 18.2 Å². The fraction of sp³-hybridized carbons (Fsp3) is 0.571. The predicted molar refractivity (Wildman–Crippen MR) is 125 cm³/mol. The lowest BCUT2D eigenvalue weighted by Gasteiger charge is -2.35. The number of nitrogens with one attached hydrogen (secondary N) is 2. The Kier molecular flexibility index (Phi) is 7.82. The van der Waals surface area contributed by atoms with Gasteiger partial charge in [0.2, 0.25) is 5.90 Å². The monoisotopic (exact) mass is 532 g/mol. The number of hydrogen-bond acceptors (Lipinski definition) is 10. The van der Waals surface area contributed by atoms with E-state index in [4.69, 9.17) is 21.3 Å². The lowest BCUT2D eigenvalue weighted by atomic mass is 9.96. The highest BCUT2D eigenvalue weighted by Gasteiger charge is 2.56. The third-order valence-electron chi connectivity index (χ3n) is 5.05. The summed E-state index contributed by atoms with van der Waals surface area (Å²) in [5.74, 6) is -1.35. The number of aliphatic imine (C=N–C) groups is 1. The number of para-hydroxylation sites is 1. The lowest BCUT2D eigenvalue weighted by molar-refractivity contribution is -0.149. The minimum Gasteiger partial charge on any atom is -0.495 e. The molecular formula is C21H31N4O10P. The first-order chi connectivity index (χ1) is 17.6. The Labute approximate surface area is 210 Å². The molecule has 0 radical (unpaired) electrons. The number of carbonyl (C=O) groups excluding carboxylic acids is 2. The van der Waals surface area contributed by atoms with Gasteiger partial charge in [-0.2, -0.15) is 10.1 Å². The van der Waals surface area contributed by atoms with Gasteiger partial charge in [0.15, 0.2) is 6.23 Å². The third-order valence-corrected chi connectivity index (χ3v) is 6.55. The molecule has 36 heavy (non-hydrogen) atoms. The van der Waals surface area contributed by atoms with E-state index in [0.717, 1.165) is 6.92 Å². The number of nitrogens with zero attached hydrogens (tertiary/aromatic N) is 2. The number of hydrazine groups is 1. The van der Waals surface area contributed by atoms with E-state index in [1.54, 1.807) is 32.0 Å². The number of hydrogen-bond donors (Lipinski definition) is 5. The number of rotatable bonds is 10. The Morgan fingerprint density at radius 3 is 2.69 bits per heavy atom. The van der Waals surface area contributed by atoms with Crippen molar-refractivity contribution in [3.8, 4) is 5.75 Å². The van der Waals surface area contributed by atoms with Gasteiger partial charge in [0.25, 0.3) is 0 Å². The second kappa shape index (κ2) is 11.2. The van der Waals surface area contributed by atoms with Crippen LogP contribution in [0.2, 0.25) is 0 Å². The molecular weight excluding hydrogens is 499 g/mol. The van der Waals surface area contributed by atoms with Gasteiger partial charge in [-0.15, -0.1) is 0 Å². The van der Waals surface area contributed by atoms with Crippen LogP contribution in [0.3, 0.4) is 0 Å². The number of urea groups is 1. The normalized spacial score (nSPS) is 30.2. The second-order valence-electron chi connectivity index (χ2n) is 8.54. The van der Waals surface area contributed by atoms with E-state index in [0.29, 0.717) is 5.01 Å². The fourth-order valence-electron chi connectivity index (χ4n) is 3.27. The molecule has 0 spiro atoms. The second-order valence-corrected chi connectivity index (χ2v) is 10.2. The van der Waals surface area contributed by atoms with Crippen molar-refractivity contribution in [2.75, 3.05) is 13.1 Å². The molecule has 6 atom stereocenters. The average molecular weight is 532 g/mol. The number of amides is 2. The molecule has 200 valence electrons. The van der Waals surface area contributed by atoms with E-state index in [9.17, 15) is 29.5 Å². The van der Waals surface area contributed by atoms with Crippen LogP contribution in [0.15, 0.2) is 35.3 Å². The molecule has 5 N–H and O–H groups in total. The molecule has 2 aliphatic heterocycles. The van der Waals surface area contributed by atoms with Crippen LogP contribution >= 0.6 is 7.75 Å². The Balaban J connectivity index is 1.87. The summed E-state index contributed by atoms with van der Waals surface area (Å²) in [6.45, 7) is 2.15. The van der Waals surface area contributed by atoms with E-state index in [2.05, 4.69) is 15.5 Å². The van der Waals surface area contributed by atoms with E-state index in [-0.39, 0.29) is 12.3 Å². The summed E-state index contributed by atoms with van der Waals surface area (Å²) in [5.41, 5.74) is 0.165. The first kappa shape index (κ1) is 25.1. The van der Waals surface area contributed by atoms with E-state index in [1.807, 2.05) is 0 Å². The predicted octanol–water partition coefficient (Wildman–Crippen LogP) is 0.853. The third kappa shape index (κ3) is 6.59. The van der Waals surface area contributed by atoms with Crippen molar-refractivity contribution in [2.24, 2.45) is 4.99 Å². The molecule has 2 aliphatic rings. The molecule has 3 rings (SSSR count). The first-order valence-electron chi connectivity index (χ1n) is 12.0. The van der Waals surface area contributed by atoms with Crippen LogP contribution < -0.4 is 15.0 Å². The number of ether oxygens (including phenoxy) is 2. The quantitative estimate of drug-likeness (QED) is 0.211. The average Bonchev–Trinajstić information content (AvgIpc) is 3.03. The van der Waals surface area contributed by atoms with Gasteiger partial charge in [-0.25, -0.2) is 19.8 Å². The zero-order valence-electron chi connectivity index (χ0n) is 22.0. The van der Waals surface area contributed by atoms with Crippen LogP contribution in [-0.2, 0) is 23.4 Å². The number of carbonyl (C=O) groups is 2. The van der Waals surface area contributed by atoms with Gasteiger partial charge in [-0.05, 0) is 39.8 Å². The van der Waals surface area contributed by atoms with E-state index >= 15 is 0 Å². The number of esters is 1. The maximum absolute atomic E-state index is 13.8. The SMILES string of the molecule is [2H]C([2H])(O[P@@](=O)(N[C@@H](C)C(=O)OC(C)C)Oc1ccccc1)[C@H]1O[C@@H](N2NCC(O)=NC2=O)[C@](C)(O)[C@@H]1O. The Morgan fingerprint density at radius 1 is 1.42 bits per heavy atom. The van der Waals surface area contributed by atoms with Gasteiger partial charge in [-0.3, -0.25) is 9.32 Å². The van der Waals surface area contributed by atoms with E-state index in [1.165, 1.54) is 19.1 Å². The van der Waals surface area contributed by atoms with Gasteiger partial charge in [0, 0.05) is 0 Å². The molecule has 0 saturated carbocycles. The lowest BCUT2D eigenvalue weighted by Crippen LogP contribution is -2.61. The molecule has 1 aromatic carbocycles. The summed E-state index contributed by atoms with van der Waals surface area (Å²) in [5, 5.41) is 34.1. The van der Waals surface area contributed by atoms with Crippen molar-refractivity contribution in [1.82, 2.24) is 15.5 Å². The molecule has 0 bridgehead atoms. The Morgan fingerprint density at radius 2 is 2.08 bits per heavy atom. The van der Waals surface area contributed by atoms with Gasteiger partial charge >= 0.3 is 19.7 Å². The maximum Gasteiger partial charge on any atom is 0.459 e. The molecule has 2 amide bonds. The Bertz CT molecular complexity index is 1110. The van der Waals surface area contributed by atoms with Gasteiger partial charge in [0.05, 0.1) is 21.9 Å². The standard InChI is InChI=1S/C21H31N4O10P/c1-12(2)33-18(28)13(3)24-36(31,35-14-8-6-5-7-9-14)32-11-15-17(27)21(4,30)19(34-15)25-20(29)23-16(26)10-22-25/h5-9,12-13,15,17,19,22,27,30H,10-11H2,1-4H3,(H,24,31)(H,23,26,29)/t13-,15+,17+,19+,21+,36-/m0/s1/i11D2. The highest BCUT2D eigenvalue weighted by molar-refractivity contribution is 7.52. The molecule has 0 aliphatic carbocycles. The summed E-state index contributed by atoms with van der Waals surface area (Å²) in [4.78, 5) is 27.9. The van der Waals surface area contributed by atoms with Crippen molar-refractivity contribution < 1.29 is 50.7 Å². The van der Waals surface area contributed by atoms with E-state index < -0.39 is 68.4 Å². The molecule has 1 fully saturated rings. The highest BCUT2D eigenvalue weighted by atomic mass is 31.2. The van der Waals surface area contributed by atoms with Crippen LogP contribution in [0.1, 0.15) is 30.4 Å². The first-order valence-corrected chi connectivity index (χ1v) is 12.5. The van der Waals surface area contributed by atoms with Crippen molar-refractivity contribution in [2.45, 2.75) is 63.9 Å². The maximum atomic E-state index is 13.8. The molecule has 0 unspecified atom stereocenters. The molecule has 2 heterocycles. The van der Waals surface area contributed by atoms with Gasteiger partial charge < -0.3 is 29.3 Å². The van der Waals surface area contributed by atoms with Crippen LogP contribution in [0, 0.1) is 0 Å². The molecule has 1 aromatic rings. The van der Waals surface area contributed by atoms with Crippen LogP contribution in [0.5, 0.6) is 5.75 Å². The summed E-state index contributed by atoms with van der Waals surface area (Å²) in [7, 11) is -4.76. The van der Waals surface area contributed by atoms with Crippen molar-refractivity contribution in [1.29, 1.82) is 0 Å². The zero-order valence-corrected chi connectivity index (χ0v) is 20.9. The zero-order chi connectivity index (χ0) is 28.5. The molecule has 0 aromatic heterocycles. The topological polar surface area (TPSA) is 188 Å². The molecule has 1 saturated heterocycles. The van der Waals surface area contributed by atoms with Crippen LogP contribution in [0.25, 0.3) is 0 Å². The number of benzene rings is 1. The summed E-state index contributed by atoms with van der Waals surface area (Å²) in [6, 6.07) is 5.22. The number of aliphatic hydroxyl groups excluding tert-OH is 2. The fourth-order valence-corrected chi connectivity index (χ4v) is 4.63. The van der Waals surface area contributed by atoms with Crippen molar-refractivity contribution >= 4 is 25.6 Å². The molecule has 15 heteroatoms. The summed E-state index contributed by atoms with van der Waals surface area (Å²) >= 11 is 0. The molecule has 14 nitrogen and oxygen atoms in total. The number of aliphatic hydroxyl groups is 3. The summed E-state index contributed by atoms with van der Waals surface area (Å²) < 4.78 is 51.9. The minimum absolute atomic E-state index is 0.00195. The Hall–Kier alpha value is -2.58. The van der Waals surface area contributed by atoms with Crippen LogP contribution in [0.4, 0.5) is 4.79 Å². The smallest absolute Gasteiger partial charge is 0.459 e. The van der Waals surface area contributed by atoms with Crippen molar-refractivity contribution in [3.05, 3.63) is 30.3 Å². The highest BCUT2D eigenvalue weighted by Crippen LogP contribution is 2.46. The summed E-state index contributed by atoms with van der Waals surface area (Å²) in [6.07, 6.45) is -6.24. The largest absolute Gasteiger partial charge is 0.495 e.